The number of benzene rings is 1. The predicted octanol–water partition coefficient (Wildman–Crippen LogP) is 4.27. The molecule has 1 atom stereocenters. The first kappa shape index (κ1) is 19.2. The Bertz CT molecular complexity index is 731. The summed E-state index contributed by atoms with van der Waals surface area (Å²) in [5.41, 5.74) is 5.81. The molecule has 1 N–H and O–H groups in total. The molecule has 4 nitrogen and oxygen atoms in total. The molecule has 0 bridgehead atoms. The summed E-state index contributed by atoms with van der Waals surface area (Å²) in [4.78, 5) is 12.4. The normalized spacial score (nSPS) is 12.4. The second-order valence-corrected chi connectivity index (χ2v) is 7.37. The first-order valence-electron chi connectivity index (χ1n) is 9.17. The number of hydrogen-bond acceptors (Lipinski definition) is 2. The molecule has 2 aromatic rings. The summed E-state index contributed by atoms with van der Waals surface area (Å²) in [6.45, 7) is 13.6. The van der Waals surface area contributed by atoms with Crippen molar-refractivity contribution < 1.29 is 4.79 Å². The largest absolute Gasteiger partial charge is 0.350 e. The van der Waals surface area contributed by atoms with E-state index in [0.717, 1.165) is 18.7 Å². The zero-order valence-corrected chi connectivity index (χ0v) is 16.4. The second kappa shape index (κ2) is 8.32. The minimum Gasteiger partial charge on any atom is -0.350 e. The smallest absolute Gasteiger partial charge is 0.220 e. The molecule has 0 radical (unpaired) electrons. The maximum atomic E-state index is 12.4. The lowest BCUT2D eigenvalue weighted by Crippen LogP contribution is -2.27. The molecule has 25 heavy (non-hydrogen) atoms. The third-order valence-electron chi connectivity index (χ3n) is 4.70. The second-order valence-electron chi connectivity index (χ2n) is 7.37. The van der Waals surface area contributed by atoms with E-state index in [9.17, 15) is 4.79 Å². The van der Waals surface area contributed by atoms with E-state index in [0.29, 0.717) is 12.3 Å². The van der Waals surface area contributed by atoms with Crippen molar-refractivity contribution in [1.29, 1.82) is 0 Å². The predicted molar refractivity (Wildman–Crippen MR) is 103 cm³/mol. The molecule has 0 aliphatic heterocycles. The average Bonchev–Trinajstić information content (AvgIpc) is 2.79. The molecule has 0 saturated heterocycles. The molecule has 1 aromatic carbocycles. The van der Waals surface area contributed by atoms with Gasteiger partial charge in [0.1, 0.15) is 0 Å². The molecule has 0 aliphatic rings. The van der Waals surface area contributed by atoms with Gasteiger partial charge in [0.25, 0.3) is 0 Å². The maximum absolute atomic E-state index is 12.4. The van der Waals surface area contributed by atoms with Gasteiger partial charge < -0.3 is 5.32 Å². The summed E-state index contributed by atoms with van der Waals surface area (Å²) >= 11 is 0. The summed E-state index contributed by atoms with van der Waals surface area (Å²) in [7, 11) is 0. The molecule has 2 rings (SSSR count). The van der Waals surface area contributed by atoms with E-state index in [2.05, 4.69) is 54.9 Å². The monoisotopic (exact) mass is 341 g/mol. The fourth-order valence-corrected chi connectivity index (χ4v) is 3.32. The minimum absolute atomic E-state index is 0.0274. The van der Waals surface area contributed by atoms with Gasteiger partial charge in [-0.25, -0.2) is 0 Å². The molecule has 0 aliphatic carbocycles. The quantitative estimate of drug-likeness (QED) is 0.817. The Morgan fingerprint density at radius 2 is 1.84 bits per heavy atom. The van der Waals surface area contributed by atoms with Crippen LogP contribution in [-0.2, 0) is 17.8 Å². The highest BCUT2D eigenvalue weighted by Gasteiger charge is 2.15. The third kappa shape index (κ3) is 4.94. The lowest BCUT2D eigenvalue weighted by Gasteiger charge is -2.16. The van der Waals surface area contributed by atoms with Crippen molar-refractivity contribution in [3.63, 3.8) is 0 Å². The van der Waals surface area contributed by atoms with Crippen molar-refractivity contribution in [2.45, 2.75) is 67.0 Å². The van der Waals surface area contributed by atoms with Gasteiger partial charge in [-0.05, 0) is 56.7 Å². The Hall–Kier alpha value is -2.10. The standard InChI is InChI=1S/C21H31N3O/c1-14(2)13-24-18(6)20(17(5)23-24)11-12-21(25)22-16(4)19-10-8-7-9-15(19)3/h7-10,14,16H,11-13H2,1-6H3,(H,22,25). The molecular formula is C21H31N3O. The Kier molecular flexibility index (Phi) is 6.40. The van der Waals surface area contributed by atoms with Crippen molar-refractivity contribution in [3.05, 3.63) is 52.3 Å². The van der Waals surface area contributed by atoms with Gasteiger partial charge in [0, 0.05) is 18.7 Å². The summed E-state index contributed by atoms with van der Waals surface area (Å²) < 4.78 is 2.07. The van der Waals surface area contributed by atoms with Gasteiger partial charge in [-0.15, -0.1) is 0 Å². The van der Waals surface area contributed by atoms with Gasteiger partial charge in [0.05, 0.1) is 11.7 Å². The molecule has 0 fully saturated rings. The van der Waals surface area contributed by atoms with Crippen LogP contribution in [-0.4, -0.2) is 15.7 Å². The maximum Gasteiger partial charge on any atom is 0.220 e. The van der Waals surface area contributed by atoms with Crippen molar-refractivity contribution in [1.82, 2.24) is 15.1 Å². The first-order valence-corrected chi connectivity index (χ1v) is 9.17. The van der Waals surface area contributed by atoms with Crippen LogP contribution in [0.4, 0.5) is 0 Å². The summed E-state index contributed by atoms with van der Waals surface area (Å²) in [6.07, 6.45) is 1.23. The Morgan fingerprint density at radius 1 is 1.16 bits per heavy atom. The molecule has 1 heterocycles. The summed E-state index contributed by atoms with van der Waals surface area (Å²) in [5.74, 6) is 0.648. The average molecular weight is 341 g/mol. The number of nitrogens with zero attached hydrogens (tertiary/aromatic N) is 2. The fourth-order valence-electron chi connectivity index (χ4n) is 3.32. The highest BCUT2D eigenvalue weighted by Crippen LogP contribution is 2.19. The van der Waals surface area contributed by atoms with E-state index in [1.54, 1.807) is 0 Å². The highest BCUT2D eigenvalue weighted by molar-refractivity contribution is 5.76. The third-order valence-corrected chi connectivity index (χ3v) is 4.70. The topological polar surface area (TPSA) is 46.9 Å². The molecule has 4 heteroatoms. The van der Waals surface area contributed by atoms with Gasteiger partial charge in [-0.2, -0.15) is 5.10 Å². The number of carbonyl (C=O) groups is 1. The van der Waals surface area contributed by atoms with Crippen LogP contribution in [0.2, 0.25) is 0 Å². The zero-order chi connectivity index (χ0) is 18.6. The molecule has 1 amide bonds. The van der Waals surface area contributed by atoms with Gasteiger partial charge in [0.2, 0.25) is 5.91 Å². The van der Waals surface area contributed by atoms with Crippen LogP contribution in [0.5, 0.6) is 0 Å². The lowest BCUT2D eigenvalue weighted by atomic mass is 10.0. The summed E-state index contributed by atoms with van der Waals surface area (Å²) in [6, 6.07) is 8.21. The van der Waals surface area contributed by atoms with Crippen molar-refractivity contribution in [2.75, 3.05) is 0 Å². The van der Waals surface area contributed by atoms with Crippen LogP contribution in [0, 0.1) is 26.7 Å². The molecule has 136 valence electrons. The Balaban J connectivity index is 1.96. The van der Waals surface area contributed by atoms with E-state index in [4.69, 9.17) is 0 Å². The van der Waals surface area contributed by atoms with Crippen molar-refractivity contribution in [2.24, 2.45) is 5.92 Å². The zero-order valence-electron chi connectivity index (χ0n) is 16.4. The number of aryl methyl sites for hydroxylation is 2. The minimum atomic E-state index is 0.0274. The van der Waals surface area contributed by atoms with Crippen LogP contribution < -0.4 is 5.32 Å². The lowest BCUT2D eigenvalue weighted by molar-refractivity contribution is -0.121. The van der Waals surface area contributed by atoms with E-state index >= 15 is 0 Å². The molecule has 0 saturated carbocycles. The number of nitrogens with one attached hydrogen (secondary N) is 1. The van der Waals surface area contributed by atoms with Gasteiger partial charge in [-0.1, -0.05) is 38.1 Å². The van der Waals surface area contributed by atoms with Crippen molar-refractivity contribution >= 4 is 5.91 Å². The van der Waals surface area contributed by atoms with Crippen LogP contribution in [0.3, 0.4) is 0 Å². The molecular weight excluding hydrogens is 310 g/mol. The van der Waals surface area contributed by atoms with Crippen LogP contribution >= 0.6 is 0 Å². The Labute approximate surface area is 151 Å². The first-order chi connectivity index (χ1) is 11.8. The molecule has 1 aromatic heterocycles. The highest BCUT2D eigenvalue weighted by atomic mass is 16.1. The van der Waals surface area contributed by atoms with Crippen molar-refractivity contribution in [3.8, 4) is 0 Å². The number of rotatable bonds is 7. The number of hydrogen-bond donors (Lipinski definition) is 1. The van der Waals surface area contributed by atoms with E-state index in [1.807, 2.05) is 26.0 Å². The van der Waals surface area contributed by atoms with Gasteiger partial charge in [-0.3, -0.25) is 9.48 Å². The SMILES string of the molecule is Cc1ccccc1C(C)NC(=O)CCc1c(C)nn(CC(C)C)c1C. The van der Waals surface area contributed by atoms with E-state index in [1.165, 1.54) is 22.4 Å². The number of aromatic nitrogens is 2. The Morgan fingerprint density at radius 3 is 2.48 bits per heavy atom. The molecule has 1 unspecified atom stereocenters. The van der Waals surface area contributed by atoms with E-state index < -0.39 is 0 Å². The van der Waals surface area contributed by atoms with Crippen LogP contribution in [0.15, 0.2) is 24.3 Å². The van der Waals surface area contributed by atoms with Gasteiger partial charge >= 0.3 is 0 Å². The summed E-state index contributed by atoms with van der Waals surface area (Å²) in [5, 5.41) is 7.75. The van der Waals surface area contributed by atoms with Crippen LogP contribution in [0.25, 0.3) is 0 Å². The fraction of sp³-hybridized carbons (Fsp3) is 0.524. The van der Waals surface area contributed by atoms with Gasteiger partial charge in [0.15, 0.2) is 0 Å². The number of carbonyl (C=O) groups excluding carboxylic acids is 1. The van der Waals surface area contributed by atoms with Crippen LogP contribution in [0.1, 0.15) is 61.3 Å². The van der Waals surface area contributed by atoms with E-state index in [-0.39, 0.29) is 11.9 Å². The number of amides is 1. The molecule has 0 spiro atoms.